The molecule has 1 amide bonds. The van der Waals surface area contributed by atoms with Gasteiger partial charge in [-0.15, -0.1) is 0 Å². The number of aliphatic hydroxyl groups is 1. The van der Waals surface area contributed by atoms with Gasteiger partial charge in [0.25, 0.3) is 5.91 Å². The zero-order valence-electron chi connectivity index (χ0n) is 20.6. The van der Waals surface area contributed by atoms with Gasteiger partial charge in [-0.05, 0) is 57.3 Å². The Labute approximate surface area is 192 Å². The summed E-state index contributed by atoms with van der Waals surface area (Å²) in [5.41, 5.74) is 6.63. The number of likely N-dealkylation sites (tertiary alicyclic amines) is 1. The Bertz CT molecular complexity index is 808. The molecule has 180 valence electrons. The summed E-state index contributed by atoms with van der Waals surface area (Å²) in [6.45, 7) is 11.3. The van der Waals surface area contributed by atoms with Crippen molar-refractivity contribution in [3.8, 4) is 5.75 Å². The number of nitrogens with two attached hydrogens (primary N) is 1. The Morgan fingerprint density at radius 2 is 1.97 bits per heavy atom. The number of likely N-dealkylation sites (N-methyl/N-ethyl adjacent to an activating group) is 1. The molecule has 0 aliphatic carbocycles. The zero-order chi connectivity index (χ0) is 23.7. The molecular weight excluding hydrogens is 406 g/mol. The Balaban J connectivity index is 1.70. The van der Waals surface area contributed by atoms with Crippen molar-refractivity contribution < 1.29 is 19.4 Å². The molecule has 2 saturated heterocycles. The molecule has 2 heterocycles. The molecule has 0 saturated carbocycles. The van der Waals surface area contributed by atoms with Gasteiger partial charge in [0.2, 0.25) is 0 Å². The molecule has 0 bridgehead atoms. The number of carbonyl (C=O) groups is 1. The van der Waals surface area contributed by atoms with Crippen LogP contribution in [0.5, 0.6) is 5.75 Å². The molecule has 3 rings (SSSR count). The second-order valence-electron chi connectivity index (χ2n) is 11.1. The highest BCUT2D eigenvalue weighted by molar-refractivity contribution is 5.75. The van der Waals surface area contributed by atoms with Gasteiger partial charge in [0.1, 0.15) is 11.4 Å². The van der Waals surface area contributed by atoms with Crippen LogP contribution in [0.25, 0.3) is 0 Å². The van der Waals surface area contributed by atoms with Crippen LogP contribution in [-0.2, 0) is 21.5 Å². The first kappa shape index (κ1) is 25.0. The third-order valence-electron chi connectivity index (χ3n) is 7.03. The minimum Gasteiger partial charge on any atom is -0.483 e. The summed E-state index contributed by atoms with van der Waals surface area (Å²) in [4.78, 5) is 15.8. The second kappa shape index (κ2) is 9.29. The van der Waals surface area contributed by atoms with E-state index in [1.807, 2.05) is 27.1 Å². The Morgan fingerprint density at radius 3 is 2.53 bits per heavy atom. The molecule has 7 heteroatoms. The van der Waals surface area contributed by atoms with Crippen molar-refractivity contribution >= 4 is 5.91 Å². The fourth-order valence-electron chi connectivity index (χ4n) is 4.93. The van der Waals surface area contributed by atoms with Crippen LogP contribution in [0.4, 0.5) is 0 Å². The molecule has 2 fully saturated rings. The molecule has 2 atom stereocenters. The van der Waals surface area contributed by atoms with Gasteiger partial charge in [0.15, 0.2) is 6.61 Å². The minimum atomic E-state index is -0.827. The van der Waals surface area contributed by atoms with Gasteiger partial charge < -0.3 is 25.2 Å². The summed E-state index contributed by atoms with van der Waals surface area (Å²) in [6.07, 6.45) is 2.71. The Kier molecular flexibility index (Phi) is 7.25. The van der Waals surface area contributed by atoms with E-state index in [9.17, 15) is 9.90 Å². The van der Waals surface area contributed by atoms with E-state index in [2.05, 4.69) is 42.7 Å². The average molecular weight is 448 g/mol. The first-order valence-corrected chi connectivity index (χ1v) is 11.6. The normalized spacial score (nSPS) is 26.4. The zero-order valence-corrected chi connectivity index (χ0v) is 20.6. The smallest absolute Gasteiger partial charge is 0.255 e. The summed E-state index contributed by atoms with van der Waals surface area (Å²) in [5, 5.41) is 10.8. The summed E-state index contributed by atoms with van der Waals surface area (Å²) < 4.78 is 12.0. The van der Waals surface area contributed by atoms with Crippen molar-refractivity contribution in [3.63, 3.8) is 0 Å². The topological polar surface area (TPSA) is 88.3 Å². The highest BCUT2D eigenvalue weighted by atomic mass is 16.5. The lowest BCUT2D eigenvalue weighted by molar-refractivity contribution is -0.207. The first-order chi connectivity index (χ1) is 14.8. The summed E-state index contributed by atoms with van der Waals surface area (Å²) in [6, 6.07) is 6.30. The molecule has 1 aromatic carbocycles. The van der Waals surface area contributed by atoms with Gasteiger partial charge in [0, 0.05) is 31.2 Å². The average Bonchev–Trinajstić information content (AvgIpc) is 2.70. The van der Waals surface area contributed by atoms with Crippen LogP contribution < -0.4 is 10.5 Å². The van der Waals surface area contributed by atoms with Gasteiger partial charge in [-0.1, -0.05) is 32.9 Å². The molecule has 2 aliphatic heterocycles. The highest BCUT2D eigenvalue weighted by Gasteiger charge is 2.49. The van der Waals surface area contributed by atoms with Crippen LogP contribution in [0, 0.1) is 0 Å². The van der Waals surface area contributed by atoms with E-state index in [0.29, 0.717) is 6.61 Å². The molecule has 2 aliphatic rings. The number of carbonyl (C=O) groups excluding carboxylic acids is 1. The fraction of sp³-hybridized carbons (Fsp3) is 0.720. The SMILES string of the molecule is CN(C)[C@H]1CC2(CCN(Cc3cc(C(C)(C)C)ccc3OCC(N)=O)CC2)OC[C@]1(C)O. The van der Waals surface area contributed by atoms with Crippen LogP contribution in [-0.4, -0.2) is 78.5 Å². The van der Waals surface area contributed by atoms with Gasteiger partial charge in [-0.3, -0.25) is 9.69 Å². The molecule has 0 radical (unpaired) electrons. The van der Waals surface area contributed by atoms with Crippen LogP contribution in [0.3, 0.4) is 0 Å². The largest absolute Gasteiger partial charge is 0.483 e. The minimum absolute atomic E-state index is 0.0248. The maximum absolute atomic E-state index is 11.2. The lowest BCUT2D eigenvalue weighted by atomic mass is 9.77. The molecule has 0 unspecified atom stereocenters. The maximum atomic E-state index is 11.2. The van der Waals surface area contributed by atoms with Crippen molar-refractivity contribution in [3.05, 3.63) is 29.3 Å². The highest BCUT2D eigenvalue weighted by Crippen LogP contribution is 2.40. The number of hydrogen-bond donors (Lipinski definition) is 2. The molecule has 0 aromatic heterocycles. The number of amides is 1. The van der Waals surface area contributed by atoms with Gasteiger partial charge in [-0.25, -0.2) is 0 Å². The van der Waals surface area contributed by atoms with Crippen LogP contribution >= 0.6 is 0 Å². The molecular formula is C25H41N3O4. The molecule has 1 spiro atoms. The maximum Gasteiger partial charge on any atom is 0.255 e. The van der Waals surface area contributed by atoms with Crippen molar-refractivity contribution in [2.24, 2.45) is 5.73 Å². The third-order valence-corrected chi connectivity index (χ3v) is 7.03. The number of rotatable bonds is 6. The number of benzene rings is 1. The summed E-state index contributed by atoms with van der Waals surface area (Å²) in [5.74, 6) is 0.242. The van der Waals surface area contributed by atoms with E-state index in [4.69, 9.17) is 15.2 Å². The lowest BCUT2D eigenvalue weighted by Crippen LogP contribution is -2.62. The van der Waals surface area contributed by atoms with Gasteiger partial charge in [-0.2, -0.15) is 0 Å². The number of ether oxygens (including phenoxy) is 2. The van der Waals surface area contributed by atoms with E-state index < -0.39 is 11.5 Å². The van der Waals surface area contributed by atoms with Crippen LogP contribution in [0.2, 0.25) is 0 Å². The van der Waals surface area contributed by atoms with E-state index in [1.165, 1.54) is 5.56 Å². The van der Waals surface area contributed by atoms with E-state index in [0.717, 1.165) is 50.2 Å². The monoisotopic (exact) mass is 447 g/mol. The van der Waals surface area contributed by atoms with Crippen LogP contribution in [0.15, 0.2) is 18.2 Å². The molecule has 32 heavy (non-hydrogen) atoms. The van der Waals surface area contributed by atoms with Crippen molar-refractivity contribution in [2.75, 3.05) is 40.4 Å². The quantitative estimate of drug-likeness (QED) is 0.696. The molecule has 1 aromatic rings. The van der Waals surface area contributed by atoms with Crippen molar-refractivity contribution in [1.29, 1.82) is 0 Å². The van der Waals surface area contributed by atoms with E-state index in [1.54, 1.807) is 0 Å². The standard InChI is InChI=1S/C25H41N3O4/c1-23(2,3)19-7-8-20(31-16-22(26)29)18(13-19)15-28-11-9-25(10-12-28)14-21(27(5)6)24(4,30)17-32-25/h7-8,13,21,30H,9-12,14-17H2,1-6H3,(H2,26,29)/t21-,24-/m0/s1. The van der Waals surface area contributed by atoms with E-state index >= 15 is 0 Å². The number of primary amides is 1. The van der Waals surface area contributed by atoms with Gasteiger partial charge >= 0.3 is 0 Å². The Hall–Kier alpha value is -1.67. The third kappa shape index (κ3) is 5.81. The predicted octanol–water partition coefficient (Wildman–Crippen LogP) is 2.28. The predicted molar refractivity (Wildman–Crippen MR) is 126 cm³/mol. The molecule has 7 nitrogen and oxygen atoms in total. The Morgan fingerprint density at radius 1 is 1.31 bits per heavy atom. The first-order valence-electron chi connectivity index (χ1n) is 11.6. The number of piperidine rings is 1. The summed E-state index contributed by atoms with van der Waals surface area (Å²) in [7, 11) is 4.06. The van der Waals surface area contributed by atoms with Gasteiger partial charge in [0.05, 0.1) is 12.2 Å². The van der Waals surface area contributed by atoms with Crippen LogP contribution in [0.1, 0.15) is 58.1 Å². The fourth-order valence-corrected chi connectivity index (χ4v) is 4.93. The summed E-state index contributed by atoms with van der Waals surface area (Å²) >= 11 is 0. The number of hydrogen-bond acceptors (Lipinski definition) is 6. The lowest BCUT2D eigenvalue weighted by Gasteiger charge is -2.52. The van der Waals surface area contributed by atoms with Crippen molar-refractivity contribution in [2.45, 2.75) is 76.2 Å². The second-order valence-corrected chi connectivity index (χ2v) is 11.1. The van der Waals surface area contributed by atoms with E-state index in [-0.39, 0.29) is 23.7 Å². The molecule has 3 N–H and O–H groups in total. The van der Waals surface area contributed by atoms with Crippen molar-refractivity contribution in [1.82, 2.24) is 9.80 Å². The number of nitrogens with zero attached hydrogens (tertiary/aromatic N) is 2.